The van der Waals surface area contributed by atoms with Gasteiger partial charge in [-0.05, 0) is 43.2 Å². The van der Waals surface area contributed by atoms with E-state index >= 15 is 0 Å². The lowest BCUT2D eigenvalue weighted by Gasteiger charge is -2.20. The van der Waals surface area contributed by atoms with E-state index < -0.39 is 0 Å². The number of nitrogens with zero attached hydrogens (tertiary/aromatic N) is 5. The van der Waals surface area contributed by atoms with Gasteiger partial charge >= 0.3 is 0 Å². The van der Waals surface area contributed by atoms with Crippen molar-refractivity contribution in [1.29, 1.82) is 5.26 Å². The van der Waals surface area contributed by atoms with Crippen LogP contribution in [0.4, 0.5) is 28.8 Å². The number of aryl methyl sites for hydroxylation is 1. The first kappa shape index (κ1) is 19.1. The molecular formula is C22H21N7O2. The van der Waals surface area contributed by atoms with Crippen LogP contribution in [0.1, 0.15) is 22.4 Å². The maximum atomic E-state index is 9.79. The number of aromatic nitrogens is 2. The standard InChI is InChI=1S/C22H21N7O2/c1-14-19-7-8-28(11-15-3-2-4-17(9-15)24-13-23)21(19)27-22(25-14)26-18-6-5-16-12-31-29(30)20(16)10-18/h2-6,9-10,24,30H,7-8,11-12H2,1H3,(H,25,26,27). The van der Waals surface area contributed by atoms with Crippen molar-refractivity contribution in [3.05, 3.63) is 64.8 Å². The molecular weight excluding hydrogens is 394 g/mol. The van der Waals surface area contributed by atoms with Crippen LogP contribution >= 0.6 is 0 Å². The first-order valence-corrected chi connectivity index (χ1v) is 9.99. The van der Waals surface area contributed by atoms with Crippen LogP contribution < -0.4 is 20.8 Å². The molecule has 0 spiro atoms. The van der Waals surface area contributed by atoms with Crippen molar-refractivity contribution < 1.29 is 10.0 Å². The van der Waals surface area contributed by atoms with E-state index in [9.17, 15) is 5.21 Å². The molecule has 0 saturated carbocycles. The molecule has 9 nitrogen and oxygen atoms in total. The summed E-state index contributed by atoms with van der Waals surface area (Å²) >= 11 is 0. The van der Waals surface area contributed by atoms with E-state index in [0.717, 1.165) is 57.8 Å². The zero-order valence-corrected chi connectivity index (χ0v) is 17.0. The Morgan fingerprint density at radius 2 is 2.10 bits per heavy atom. The summed E-state index contributed by atoms with van der Waals surface area (Å²) in [6.45, 7) is 3.90. The maximum Gasteiger partial charge on any atom is 0.229 e. The van der Waals surface area contributed by atoms with Gasteiger partial charge in [0.25, 0.3) is 0 Å². The maximum absolute atomic E-state index is 9.79. The summed E-state index contributed by atoms with van der Waals surface area (Å²) < 4.78 is 0. The molecule has 2 aromatic carbocycles. The molecule has 0 fully saturated rings. The largest absolute Gasteiger partial charge is 0.352 e. The molecule has 3 heterocycles. The third kappa shape index (κ3) is 3.70. The summed E-state index contributed by atoms with van der Waals surface area (Å²) in [5.74, 6) is 1.42. The van der Waals surface area contributed by atoms with Gasteiger partial charge in [0.05, 0.1) is 0 Å². The monoisotopic (exact) mass is 415 g/mol. The Labute approximate surface area is 179 Å². The Morgan fingerprint density at radius 1 is 1.19 bits per heavy atom. The predicted molar refractivity (Wildman–Crippen MR) is 116 cm³/mol. The summed E-state index contributed by atoms with van der Waals surface area (Å²) in [4.78, 5) is 16.7. The predicted octanol–water partition coefficient (Wildman–Crippen LogP) is 3.63. The molecule has 2 aliphatic heterocycles. The van der Waals surface area contributed by atoms with Gasteiger partial charge < -0.3 is 10.2 Å². The van der Waals surface area contributed by atoms with Gasteiger partial charge in [0.1, 0.15) is 18.1 Å². The van der Waals surface area contributed by atoms with Crippen LogP contribution in [0.5, 0.6) is 0 Å². The Kier molecular flexibility index (Phi) is 4.78. The van der Waals surface area contributed by atoms with Crippen LogP contribution in [0.3, 0.4) is 0 Å². The van der Waals surface area contributed by atoms with E-state index in [1.165, 1.54) is 0 Å². The Balaban J connectivity index is 1.39. The molecule has 0 radical (unpaired) electrons. The number of nitrogens with one attached hydrogen (secondary N) is 2. The van der Waals surface area contributed by atoms with Crippen molar-refractivity contribution >= 4 is 28.8 Å². The van der Waals surface area contributed by atoms with Crippen molar-refractivity contribution in [3.63, 3.8) is 0 Å². The molecule has 0 unspecified atom stereocenters. The van der Waals surface area contributed by atoms with Crippen molar-refractivity contribution in [1.82, 2.24) is 9.97 Å². The van der Waals surface area contributed by atoms with Crippen LogP contribution in [0.15, 0.2) is 42.5 Å². The van der Waals surface area contributed by atoms with Crippen LogP contribution in [0, 0.1) is 18.4 Å². The number of hydrogen-bond donors (Lipinski definition) is 3. The van der Waals surface area contributed by atoms with Crippen LogP contribution in [-0.2, 0) is 24.4 Å². The van der Waals surface area contributed by atoms with Gasteiger partial charge in [-0.3, -0.25) is 10.5 Å². The van der Waals surface area contributed by atoms with Gasteiger partial charge in [-0.15, -0.1) is 5.23 Å². The second-order valence-corrected chi connectivity index (χ2v) is 7.56. The highest BCUT2D eigenvalue weighted by Crippen LogP contribution is 2.33. The van der Waals surface area contributed by atoms with Gasteiger partial charge in [0, 0.05) is 41.3 Å². The molecule has 3 aromatic rings. The van der Waals surface area contributed by atoms with E-state index in [-0.39, 0.29) is 0 Å². The number of benzene rings is 2. The lowest BCUT2D eigenvalue weighted by molar-refractivity contribution is -0.0329. The second-order valence-electron chi connectivity index (χ2n) is 7.56. The molecule has 0 bridgehead atoms. The summed E-state index contributed by atoms with van der Waals surface area (Å²) in [7, 11) is 0. The van der Waals surface area contributed by atoms with Crippen molar-refractivity contribution in [2.24, 2.45) is 0 Å². The molecule has 5 rings (SSSR count). The van der Waals surface area contributed by atoms with Gasteiger partial charge in [-0.2, -0.15) is 10.2 Å². The van der Waals surface area contributed by atoms with E-state index in [1.54, 1.807) is 6.07 Å². The SMILES string of the molecule is Cc1nc(Nc2ccc3c(c2)N(O)OC3)nc2c1CCN2Cc1cccc(NC#N)c1. The topological polar surface area (TPSA) is 110 Å². The number of fused-ring (bicyclic) bond motifs is 2. The van der Waals surface area contributed by atoms with Gasteiger partial charge in [-0.25, -0.2) is 9.82 Å². The number of anilines is 5. The molecule has 31 heavy (non-hydrogen) atoms. The Hall–Kier alpha value is -3.87. The minimum atomic E-state index is 0.348. The fourth-order valence-electron chi connectivity index (χ4n) is 4.00. The van der Waals surface area contributed by atoms with Gasteiger partial charge in [0.2, 0.25) is 5.95 Å². The molecule has 0 amide bonds. The van der Waals surface area contributed by atoms with Crippen molar-refractivity contribution in [2.45, 2.75) is 26.5 Å². The highest BCUT2D eigenvalue weighted by Gasteiger charge is 2.25. The zero-order valence-electron chi connectivity index (χ0n) is 17.0. The lowest BCUT2D eigenvalue weighted by atomic mass is 10.2. The van der Waals surface area contributed by atoms with E-state index in [1.807, 2.05) is 49.5 Å². The normalized spacial score (nSPS) is 14.2. The smallest absolute Gasteiger partial charge is 0.229 e. The third-order valence-corrected chi connectivity index (χ3v) is 5.51. The van der Waals surface area contributed by atoms with E-state index in [0.29, 0.717) is 24.8 Å². The number of rotatable bonds is 5. The summed E-state index contributed by atoms with van der Waals surface area (Å²) in [6, 6.07) is 13.4. The number of nitriles is 1. The van der Waals surface area contributed by atoms with Crippen LogP contribution in [0.2, 0.25) is 0 Å². The average molecular weight is 415 g/mol. The van der Waals surface area contributed by atoms with Gasteiger partial charge in [0.15, 0.2) is 6.19 Å². The van der Waals surface area contributed by atoms with E-state index in [4.69, 9.17) is 15.1 Å². The summed E-state index contributed by atoms with van der Waals surface area (Å²) in [6.07, 6.45) is 2.85. The van der Waals surface area contributed by atoms with Crippen LogP contribution in [-0.4, -0.2) is 21.7 Å². The molecule has 2 aliphatic rings. The minimum absolute atomic E-state index is 0.348. The Morgan fingerprint density at radius 3 is 2.97 bits per heavy atom. The molecule has 0 saturated heterocycles. The fraction of sp³-hybridized carbons (Fsp3) is 0.227. The van der Waals surface area contributed by atoms with Crippen LogP contribution in [0.25, 0.3) is 0 Å². The lowest BCUT2D eigenvalue weighted by Crippen LogP contribution is -2.21. The molecule has 3 N–H and O–H groups in total. The highest BCUT2D eigenvalue weighted by molar-refractivity contribution is 5.66. The molecule has 1 aromatic heterocycles. The zero-order chi connectivity index (χ0) is 21.4. The van der Waals surface area contributed by atoms with Gasteiger partial charge in [-0.1, -0.05) is 18.2 Å². The fourth-order valence-corrected chi connectivity index (χ4v) is 4.00. The highest BCUT2D eigenvalue weighted by atomic mass is 16.9. The molecule has 0 aliphatic carbocycles. The molecule has 156 valence electrons. The first-order chi connectivity index (χ1) is 15.1. The number of hydrogen-bond acceptors (Lipinski definition) is 9. The average Bonchev–Trinajstić information content (AvgIpc) is 3.33. The summed E-state index contributed by atoms with van der Waals surface area (Å²) in [5, 5.41) is 25.4. The minimum Gasteiger partial charge on any atom is -0.352 e. The first-order valence-electron chi connectivity index (χ1n) is 9.99. The van der Waals surface area contributed by atoms with Crippen molar-refractivity contribution in [2.75, 3.05) is 27.3 Å². The second kappa shape index (κ2) is 7.75. The molecule has 9 heteroatoms. The van der Waals surface area contributed by atoms with E-state index in [2.05, 4.69) is 20.5 Å². The third-order valence-electron chi connectivity index (χ3n) is 5.51. The van der Waals surface area contributed by atoms with Crippen molar-refractivity contribution in [3.8, 4) is 6.19 Å². The quantitative estimate of drug-likeness (QED) is 0.425. The Bertz CT molecular complexity index is 1190. The summed E-state index contributed by atoms with van der Waals surface area (Å²) in [5.41, 5.74) is 6.26. The molecule has 0 atom stereocenters.